The van der Waals surface area contributed by atoms with E-state index in [1.807, 2.05) is 30.6 Å². The normalized spacial score (nSPS) is 16.0. The predicted molar refractivity (Wildman–Crippen MR) is 94.7 cm³/mol. The van der Waals surface area contributed by atoms with Gasteiger partial charge in [0.2, 0.25) is 0 Å². The van der Waals surface area contributed by atoms with Crippen molar-refractivity contribution in [1.29, 1.82) is 0 Å². The highest BCUT2D eigenvalue weighted by Crippen LogP contribution is 2.28. The van der Waals surface area contributed by atoms with Crippen molar-refractivity contribution < 1.29 is 0 Å². The third-order valence-corrected chi connectivity index (χ3v) is 4.54. The fourth-order valence-electron chi connectivity index (χ4n) is 3.13. The highest BCUT2D eigenvalue weighted by Gasteiger charge is 2.14. The lowest BCUT2D eigenvalue weighted by molar-refractivity contribution is 0.313. The van der Waals surface area contributed by atoms with Crippen LogP contribution in [0.2, 0.25) is 0 Å². The fraction of sp³-hybridized carbons (Fsp3) is 0.263. The zero-order chi connectivity index (χ0) is 15.6. The minimum Gasteiger partial charge on any atom is -0.369 e. The van der Waals surface area contributed by atoms with Gasteiger partial charge in [-0.15, -0.1) is 0 Å². The van der Waals surface area contributed by atoms with Gasteiger partial charge in [0, 0.05) is 49.8 Å². The third kappa shape index (κ3) is 2.78. The van der Waals surface area contributed by atoms with E-state index < -0.39 is 0 Å². The van der Waals surface area contributed by atoms with Crippen LogP contribution >= 0.6 is 0 Å². The summed E-state index contributed by atoms with van der Waals surface area (Å²) in [5, 5.41) is 0. The largest absolute Gasteiger partial charge is 0.369 e. The molecule has 1 saturated heterocycles. The Balaban J connectivity index is 1.65. The lowest BCUT2D eigenvalue weighted by atomic mass is 10.0. The van der Waals surface area contributed by atoms with Gasteiger partial charge in [-0.2, -0.15) is 0 Å². The molecule has 23 heavy (non-hydrogen) atoms. The van der Waals surface area contributed by atoms with Gasteiger partial charge in [0.25, 0.3) is 0 Å². The van der Waals surface area contributed by atoms with E-state index >= 15 is 0 Å². The molecule has 3 aromatic rings. The van der Waals surface area contributed by atoms with E-state index in [9.17, 15) is 0 Å². The first-order valence-corrected chi connectivity index (χ1v) is 8.05. The topological polar surface area (TPSA) is 32.3 Å². The molecule has 116 valence electrons. The highest BCUT2D eigenvalue weighted by atomic mass is 15.2. The van der Waals surface area contributed by atoms with Crippen LogP contribution in [0.4, 0.5) is 5.69 Å². The molecule has 3 heterocycles. The smallest absolute Gasteiger partial charge is 0.0964 e. The molecule has 4 nitrogen and oxygen atoms in total. The van der Waals surface area contributed by atoms with Crippen LogP contribution in [-0.2, 0) is 0 Å². The molecule has 0 aliphatic carbocycles. The van der Waals surface area contributed by atoms with Gasteiger partial charge in [0.15, 0.2) is 0 Å². The number of hydrogen-bond donors (Lipinski definition) is 0. The summed E-state index contributed by atoms with van der Waals surface area (Å²) in [7, 11) is 2.18. The van der Waals surface area contributed by atoms with Crippen molar-refractivity contribution in [3.8, 4) is 11.1 Å². The first-order chi connectivity index (χ1) is 11.3. The van der Waals surface area contributed by atoms with E-state index in [1.54, 1.807) is 0 Å². The summed E-state index contributed by atoms with van der Waals surface area (Å²) in [6, 6.07) is 14.8. The molecule has 4 rings (SSSR count). The van der Waals surface area contributed by atoms with Crippen molar-refractivity contribution in [1.82, 2.24) is 14.9 Å². The van der Waals surface area contributed by atoms with Gasteiger partial charge in [-0.05, 0) is 42.9 Å². The second kappa shape index (κ2) is 5.97. The summed E-state index contributed by atoms with van der Waals surface area (Å²) in [5.41, 5.74) is 5.53. The third-order valence-electron chi connectivity index (χ3n) is 4.54. The average Bonchev–Trinajstić information content (AvgIpc) is 2.62. The number of pyridine rings is 2. The Morgan fingerprint density at radius 3 is 2.39 bits per heavy atom. The minimum atomic E-state index is 0.938. The van der Waals surface area contributed by atoms with Gasteiger partial charge in [-0.25, -0.2) is 0 Å². The molecule has 0 bridgehead atoms. The van der Waals surface area contributed by atoms with Crippen molar-refractivity contribution in [2.45, 2.75) is 0 Å². The lowest BCUT2D eigenvalue weighted by Gasteiger charge is -2.34. The summed E-state index contributed by atoms with van der Waals surface area (Å²) in [4.78, 5) is 13.7. The van der Waals surface area contributed by atoms with Crippen LogP contribution in [0.1, 0.15) is 0 Å². The summed E-state index contributed by atoms with van der Waals surface area (Å²) in [6.45, 7) is 4.44. The van der Waals surface area contributed by atoms with Crippen LogP contribution < -0.4 is 4.90 Å². The Hall–Kier alpha value is -2.46. The van der Waals surface area contributed by atoms with Crippen LogP contribution in [0.15, 0.2) is 54.9 Å². The number of aromatic nitrogens is 2. The van der Waals surface area contributed by atoms with Crippen molar-refractivity contribution in [2.24, 2.45) is 0 Å². The SMILES string of the molecule is CN1CCN(c2ccc(-c3ccnc4cccnc34)cc2)CC1. The number of anilines is 1. The van der Waals surface area contributed by atoms with E-state index in [1.165, 1.54) is 11.3 Å². The Morgan fingerprint density at radius 2 is 1.61 bits per heavy atom. The Bertz CT molecular complexity index is 800. The molecule has 0 saturated carbocycles. The molecule has 0 radical (unpaired) electrons. The monoisotopic (exact) mass is 304 g/mol. The van der Waals surface area contributed by atoms with Crippen molar-refractivity contribution >= 4 is 16.7 Å². The zero-order valence-corrected chi connectivity index (χ0v) is 13.3. The van der Waals surface area contributed by atoms with Gasteiger partial charge in [0.1, 0.15) is 0 Å². The first kappa shape index (κ1) is 14.2. The zero-order valence-electron chi connectivity index (χ0n) is 13.3. The van der Waals surface area contributed by atoms with E-state index in [-0.39, 0.29) is 0 Å². The molecule has 0 spiro atoms. The Morgan fingerprint density at radius 1 is 0.826 bits per heavy atom. The van der Waals surface area contributed by atoms with Crippen molar-refractivity contribution in [3.63, 3.8) is 0 Å². The van der Waals surface area contributed by atoms with Crippen LogP contribution in [0.5, 0.6) is 0 Å². The molecule has 2 aromatic heterocycles. The van der Waals surface area contributed by atoms with Crippen LogP contribution in [0.25, 0.3) is 22.2 Å². The molecule has 1 fully saturated rings. The summed E-state index contributed by atoms with van der Waals surface area (Å²) in [5.74, 6) is 0. The maximum Gasteiger partial charge on any atom is 0.0964 e. The molecular formula is C19H20N4. The predicted octanol–water partition coefficient (Wildman–Crippen LogP) is 3.05. The molecular weight excluding hydrogens is 284 g/mol. The van der Waals surface area contributed by atoms with Gasteiger partial charge in [0.05, 0.1) is 11.0 Å². The van der Waals surface area contributed by atoms with Crippen molar-refractivity contribution in [2.75, 3.05) is 38.1 Å². The molecule has 0 atom stereocenters. The van der Waals surface area contributed by atoms with E-state index in [0.29, 0.717) is 0 Å². The highest BCUT2D eigenvalue weighted by molar-refractivity contribution is 5.91. The standard InChI is InChI=1S/C19H20N4/c1-22-11-13-23(14-12-22)16-6-4-15(5-7-16)17-8-10-20-18-3-2-9-21-19(17)18/h2-10H,11-14H2,1H3. The second-order valence-electron chi connectivity index (χ2n) is 6.07. The van der Waals surface area contributed by atoms with Gasteiger partial charge in [-0.3, -0.25) is 9.97 Å². The quantitative estimate of drug-likeness (QED) is 0.728. The number of piperazine rings is 1. The molecule has 1 aromatic carbocycles. The molecule has 0 amide bonds. The minimum absolute atomic E-state index is 0.938. The Labute approximate surface area is 136 Å². The molecule has 0 unspecified atom stereocenters. The number of fused-ring (bicyclic) bond motifs is 1. The van der Waals surface area contributed by atoms with Crippen LogP contribution in [0, 0.1) is 0 Å². The van der Waals surface area contributed by atoms with Gasteiger partial charge < -0.3 is 9.80 Å². The summed E-state index contributed by atoms with van der Waals surface area (Å²) < 4.78 is 0. The van der Waals surface area contributed by atoms with Gasteiger partial charge in [-0.1, -0.05) is 12.1 Å². The van der Waals surface area contributed by atoms with Crippen LogP contribution in [0.3, 0.4) is 0 Å². The molecule has 0 N–H and O–H groups in total. The number of likely N-dealkylation sites (N-methyl/N-ethyl adjacent to an activating group) is 1. The van der Waals surface area contributed by atoms with E-state index in [2.05, 4.69) is 51.1 Å². The number of hydrogen-bond acceptors (Lipinski definition) is 4. The number of rotatable bonds is 2. The van der Waals surface area contributed by atoms with Crippen LogP contribution in [-0.4, -0.2) is 48.1 Å². The maximum absolute atomic E-state index is 4.50. The van der Waals surface area contributed by atoms with E-state index in [4.69, 9.17) is 0 Å². The van der Waals surface area contributed by atoms with Gasteiger partial charge >= 0.3 is 0 Å². The lowest BCUT2D eigenvalue weighted by Crippen LogP contribution is -2.44. The first-order valence-electron chi connectivity index (χ1n) is 8.05. The average molecular weight is 304 g/mol. The van der Waals surface area contributed by atoms with Crippen molar-refractivity contribution in [3.05, 3.63) is 54.9 Å². The molecule has 1 aliphatic rings. The van der Waals surface area contributed by atoms with E-state index in [0.717, 1.165) is 42.8 Å². The fourth-order valence-corrected chi connectivity index (χ4v) is 3.13. The number of benzene rings is 1. The maximum atomic E-state index is 4.50. The molecule has 1 aliphatic heterocycles. The molecule has 4 heteroatoms. The second-order valence-corrected chi connectivity index (χ2v) is 6.07. The summed E-state index contributed by atoms with van der Waals surface area (Å²) in [6.07, 6.45) is 3.68. The number of nitrogens with zero attached hydrogens (tertiary/aromatic N) is 4. The summed E-state index contributed by atoms with van der Waals surface area (Å²) >= 11 is 0. The Kier molecular flexibility index (Phi) is 3.67.